The number of fused-ring (bicyclic) bond motifs is 1. The highest BCUT2D eigenvalue weighted by Crippen LogP contribution is 2.31. The lowest BCUT2D eigenvalue weighted by Crippen LogP contribution is -2.18. The van der Waals surface area contributed by atoms with E-state index in [4.69, 9.17) is 16.7 Å². The maximum atomic E-state index is 10.6. The Morgan fingerprint density at radius 3 is 3.29 bits per heavy atom. The standard InChI is InChI=1S/C9H11ClN2O2/c10-7-5-11-9-6(4-8(13)14)2-1-3-12(7)9/h5-6H,1-4H2,(H,13,14). The van der Waals surface area contributed by atoms with Crippen LogP contribution in [0.4, 0.5) is 0 Å². The van der Waals surface area contributed by atoms with Crippen LogP contribution in [0.25, 0.3) is 0 Å². The van der Waals surface area contributed by atoms with Gasteiger partial charge in [-0.15, -0.1) is 0 Å². The molecule has 1 atom stereocenters. The molecular formula is C9H11ClN2O2. The smallest absolute Gasteiger partial charge is 0.304 e. The van der Waals surface area contributed by atoms with E-state index in [0.717, 1.165) is 25.2 Å². The van der Waals surface area contributed by atoms with Gasteiger partial charge in [-0.05, 0) is 12.8 Å². The summed E-state index contributed by atoms with van der Waals surface area (Å²) in [5.74, 6) is 0.0694. The predicted octanol–water partition coefficient (Wildman–Crippen LogP) is 1.89. The molecule has 0 saturated carbocycles. The molecule has 2 heterocycles. The second kappa shape index (κ2) is 3.61. The lowest BCUT2D eigenvalue weighted by Gasteiger charge is -2.22. The topological polar surface area (TPSA) is 55.1 Å². The molecule has 0 aromatic carbocycles. The first-order valence-electron chi connectivity index (χ1n) is 4.61. The summed E-state index contributed by atoms with van der Waals surface area (Å²) in [4.78, 5) is 14.8. The number of hydrogen-bond acceptors (Lipinski definition) is 2. The fourth-order valence-electron chi connectivity index (χ4n) is 1.94. The Morgan fingerprint density at radius 1 is 1.79 bits per heavy atom. The minimum atomic E-state index is -0.775. The number of aliphatic carboxylic acids is 1. The zero-order valence-corrected chi connectivity index (χ0v) is 8.37. The summed E-state index contributed by atoms with van der Waals surface area (Å²) in [6, 6.07) is 0. The summed E-state index contributed by atoms with van der Waals surface area (Å²) in [5.41, 5.74) is 0. The van der Waals surface area contributed by atoms with Crippen molar-refractivity contribution in [2.24, 2.45) is 0 Å². The van der Waals surface area contributed by atoms with Gasteiger partial charge in [-0.3, -0.25) is 4.79 Å². The van der Waals surface area contributed by atoms with Gasteiger partial charge in [-0.2, -0.15) is 0 Å². The van der Waals surface area contributed by atoms with E-state index >= 15 is 0 Å². The van der Waals surface area contributed by atoms with Gasteiger partial charge < -0.3 is 9.67 Å². The summed E-state index contributed by atoms with van der Waals surface area (Å²) < 4.78 is 1.90. The molecule has 0 aliphatic carbocycles. The van der Waals surface area contributed by atoms with Gasteiger partial charge in [0, 0.05) is 12.5 Å². The molecule has 1 aliphatic rings. The van der Waals surface area contributed by atoms with Crippen molar-refractivity contribution in [1.82, 2.24) is 9.55 Å². The molecule has 1 aliphatic heterocycles. The van der Waals surface area contributed by atoms with Crippen molar-refractivity contribution in [3.05, 3.63) is 17.2 Å². The Morgan fingerprint density at radius 2 is 2.57 bits per heavy atom. The highest BCUT2D eigenvalue weighted by Gasteiger charge is 2.25. The van der Waals surface area contributed by atoms with Crippen LogP contribution in [0.2, 0.25) is 5.15 Å². The zero-order valence-electron chi connectivity index (χ0n) is 7.61. The fourth-order valence-corrected chi connectivity index (χ4v) is 2.16. The molecule has 1 aromatic rings. The quantitative estimate of drug-likeness (QED) is 0.818. The van der Waals surface area contributed by atoms with Crippen molar-refractivity contribution in [2.45, 2.75) is 31.7 Å². The van der Waals surface area contributed by atoms with Gasteiger partial charge in [0.1, 0.15) is 11.0 Å². The monoisotopic (exact) mass is 214 g/mol. The molecule has 0 fully saturated rings. The van der Waals surface area contributed by atoms with Crippen LogP contribution in [-0.2, 0) is 11.3 Å². The van der Waals surface area contributed by atoms with Gasteiger partial charge in [0.25, 0.3) is 0 Å². The summed E-state index contributed by atoms with van der Waals surface area (Å²) >= 11 is 5.91. The van der Waals surface area contributed by atoms with E-state index in [1.165, 1.54) is 0 Å². The Bertz CT molecular complexity index is 362. The van der Waals surface area contributed by atoms with E-state index in [2.05, 4.69) is 4.98 Å². The first-order valence-corrected chi connectivity index (χ1v) is 4.99. The zero-order chi connectivity index (χ0) is 10.1. The maximum absolute atomic E-state index is 10.6. The first kappa shape index (κ1) is 9.52. The largest absolute Gasteiger partial charge is 0.481 e. The van der Waals surface area contributed by atoms with E-state index < -0.39 is 5.97 Å². The Labute approximate surface area is 86.5 Å². The third kappa shape index (κ3) is 1.62. The molecule has 14 heavy (non-hydrogen) atoms. The number of nitrogens with zero attached hydrogens (tertiary/aromatic N) is 2. The van der Waals surface area contributed by atoms with Crippen molar-refractivity contribution < 1.29 is 9.90 Å². The summed E-state index contributed by atoms with van der Waals surface area (Å²) in [5, 5.41) is 9.33. The van der Waals surface area contributed by atoms with E-state index in [0.29, 0.717) is 5.15 Å². The van der Waals surface area contributed by atoms with Gasteiger partial charge in [-0.1, -0.05) is 11.6 Å². The highest BCUT2D eigenvalue weighted by molar-refractivity contribution is 6.29. The van der Waals surface area contributed by atoms with E-state index in [1.54, 1.807) is 6.20 Å². The molecule has 2 rings (SSSR count). The van der Waals surface area contributed by atoms with Gasteiger partial charge >= 0.3 is 5.97 Å². The van der Waals surface area contributed by atoms with Crippen LogP contribution in [-0.4, -0.2) is 20.6 Å². The molecule has 4 nitrogen and oxygen atoms in total. The second-order valence-electron chi connectivity index (χ2n) is 3.53. The van der Waals surface area contributed by atoms with Gasteiger partial charge in [0.15, 0.2) is 0 Å². The molecule has 0 radical (unpaired) electrons. The van der Waals surface area contributed by atoms with Crippen molar-refractivity contribution in [2.75, 3.05) is 0 Å². The third-order valence-corrected chi connectivity index (χ3v) is 2.86. The summed E-state index contributed by atoms with van der Waals surface area (Å²) in [7, 11) is 0. The highest BCUT2D eigenvalue weighted by atomic mass is 35.5. The summed E-state index contributed by atoms with van der Waals surface area (Å²) in [6.07, 6.45) is 3.60. The lowest BCUT2D eigenvalue weighted by molar-refractivity contribution is -0.137. The second-order valence-corrected chi connectivity index (χ2v) is 3.92. The first-order chi connectivity index (χ1) is 6.68. The normalized spacial score (nSPS) is 20.5. The Balaban J connectivity index is 2.27. The van der Waals surface area contributed by atoms with E-state index in [-0.39, 0.29) is 12.3 Å². The molecule has 0 amide bonds. The minimum Gasteiger partial charge on any atom is -0.481 e. The molecule has 0 saturated heterocycles. The number of rotatable bonds is 2. The fraction of sp³-hybridized carbons (Fsp3) is 0.556. The van der Waals surface area contributed by atoms with Crippen molar-refractivity contribution in [3.8, 4) is 0 Å². The van der Waals surface area contributed by atoms with Crippen LogP contribution in [0.3, 0.4) is 0 Å². The molecule has 1 aromatic heterocycles. The van der Waals surface area contributed by atoms with Crippen LogP contribution >= 0.6 is 11.6 Å². The van der Waals surface area contributed by atoms with Crippen molar-refractivity contribution in [3.63, 3.8) is 0 Å². The molecule has 1 N–H and O–H groups in total. The van der Waals surface area contributed by atoms with Crippen LogP contribution in [0, 0.1) is 0 Å². The van der Waals surface area contributed by atoms with Crippen molar-refractivity contribution >= 4 is 17.6 Å². The van der Waals surface area contributed by atoms with Crippen LogP contribution < -0.4 is 0 Å². The molecular weight excluding hydrogens is 204 g/mol. The van der Waals surface area contributed by atoms with Crippen LogP contribution in [0.15, 0.2) is 6.20 Å². The summed E-state index contributed by atoms with van der Waals surface area (Å²) in [6.45, 7) is 0.851. The number of carboxylic acid groups (broad SMARTS) is 1. The Kier molecular flexibility index (Phi) is 2.46. The predicted molar refractivity (Wildman–Crippen MR) is 51.5 cm³/mol. The van der Waals surface area contributed by atoms with E-state index in [1.807, 2.05) is 4.57 Å². The Hall–Kier alpha value is -1.03. The molecule has 76 valence electrons. The average molecular weight is 215 g/mol. The van der Waals surface area contributed by atoms with E-state index in [9.17, 15) is 4.79 Å². The van der Waals surface area contributed by atoms with Gasteiger partial charge in [-0.25, -0.2) is 4.98 Å². The van der Waals surface area contributed by atoms with Gasteiger partial charge in [0.2, 0.25) is 0 Å². The number of carboxylic acids is 1. The number of halogens is 1. The lowest BCUT2D eigenvalue weighted by atomic mass is 9.96. The SMILES string of the molecule is O=C(O)CC1CCCn2c(Cl)cnc21. The van der Waals surface area contributed by atoms with Crippen LogP contribution in [0.5, 0.6) is 0 Å². The average Bonchev–Trinajstić information content (AvgIpc) is 2.49. The third-order valence-electron chi connectivity index (χ3n) is 2.56. The van der Waals surface area contributed by atoms with Crippen molar-refractivity contribution in [1.29, 1.82) is 0 Å². The number of carbonyl (C=O) groups is 1. The number of hydrogen-bond donors (Lipinski definition) is 1. The molecule has 0 spiro atoms. The molecule has 0 bridgehead atoms. The number of imidazole rings is 1. The maximum Gasteiger partial charge on any atom is 0.304 e. The number of aromatic nitrogens is 2. The molecule has 5 heteroatoms. The van der Waals surface area contributed by atoms with Gasteiger partial charge in [0.05, 0.1) is 12.6 Å². The minimum absolute atomic E-state index is 0.0220. The van der Waals surface area contributed by atoms with Crippen LogP contribution in [0.1, 0.15) is 31.0 Å². The molecule has 1 unspecified atom stereocenters.